The van der Waals surface area contributed by atoms with Crippen molar-refractivity contribution in [1.29, 1.82) is 0 Å². The predicted octanol–water partition coefficient (Wildman–Crippen LogP) is 3.45. The van der Waals surface area contributed by atoms with Gasteiger partial charge in [0, 0.05) is 36.7 Å². The molecule has 1 aliphatic rings. The molecule has 218 valence electrons. The molecule has 3 atom stereocenters. The van der Waals surface area contributed by atoms with Crippen LogP contribution in [0.15, 0.2) is 76.5 Å². The average molecular weight is 605 g/mol. The van der Waals surface area contributed by atoms with E-state index in [1.807, 2.05) is 0 Å². The number of ether oxygens (including phenoxy) is 1. The third-order valence-electron chi connectivity index (χ3n) is 6.80. The molecule has 0 fully saturated rings. The van der Waals surface area contributed by atoms with E-state index in [1.165, 1.54) is 61.6 Å². The lowest BCUT2D eigenvalue weighted by Gasteiger charge is -2.37. The Morgan fingerprint density at radius 1 is 1.07 bits per heavy atom. The van der Waals surface area contributed by atoms with Gasteiger partial charge in [-0.3, -0.25) is 0 Å². The molecule has 3 aromatic rings. The fourth-order valence-electron chi connectivity index (χ4n) is 4.41. The molecule has 0 saturated heterocycles. The van der Waals surface area contributed by atoms with Crippen LogP contribution in [-0.4, -0.2) is 69.4 Å². The summed E-state index contributed by atoms with van der Waals surface area (Å²) in [7, 11) is -7.09. The van der Waals surface area contributed by atoms with Crippen molar-refractivity contribution < 1.29 is 35.5 Å². The lowest BCUT2D eigenvalue weighted by atomic mass is 10.0. The first-order valence-corrected chi connectivity index (χ1v) is 15.6. The maximum absolute atomic E-state index is 14.4. The van der Waals surface area contributed by atoms with Crippen LogP contribution in [0.2, 0.25) is 0 Å². The molecule has 1 N–H and O–H groups in total. The summed E-state index contributed by atoms with van der Waals surface area (Å²) in [6.45, 7) is 2.54. The minimum absolute atomic E-state index is 0.0561. The van der Waals surface area contributed by atoms with E-state index in [0.717, 1.165) is 14.7 Å². The van der Waals surface area contributed by atoms with Gasteiger partial charge in [0.15, 0.2) is 0 Å². The van der Waals surface area contributed by atoms with Gasteiger partial charge in [0.1, 0.15) is 33.3 Å². The number of hydrogen-bond donors (Lipinski definition) is 1. The normalized spacial score (nSPS) is 19.7. The van der Waals surface area contributed by atoms with Gasteiger partial charge in [-0.2, -0.15) is 8.61 Å². The second-order valence-electron chi connectivity index (χ2n) is 9.88. The van der Waals surface area contributed by atoms with Gasteiger partial charge in [0.2, 0.25) is 20.0 Å². The van der Waals surface area contributed by atoms with Gasteiger partial charge < -0.3 is 9.84 Å². The summed E-state index contributed by atoms with van der Waals surface area (Å²) in [6.07, 6.45) is -0.865. The SMILES string of the molecule is C[C@H]1CN([C@@H](C)CO)S(=O)(=O)c2ccc(C#Cc3cccc(F)c3)cc2O[C@H]1CN(C)S(=O)(=O)c1ccccc1F. The Morgan fingerprint density at radius 3 is 2.41 bits per heavy atom. The lowest BCUT2D eigenvalue weighted by Crippen LogP contribution is -2.50. The number of fused-ring (bicyclic) bond motifs is 1. The van der Waals surface area contributed by atoms with Crippen LogP contribution in [0.4, 0.5) is 8.78 Å². The van der Waals surface area contributed by atoms with Crippen LogP contribution in [0.1, 0.15) is 25.0 Å². The number of rotatable bonds is 6. The number of aliphatic hydroxyl groups is 1. The van der Waals surface area contributed by atoms with Crippen molar-refractivity contribution in [3.8, 4) is 17.6 Å². The smallest absolute Gasteiger partial charge is 0.247 e. The van der Waals surface area contributed by atoms with Crippen LogP contribution in [0.25, 0.3) is 0 Å². The zero-order chi connectivity index (χ0) is 29.9. The van der Waals surface area contributed by atoms with E-state index in [0.29, 0.717) is 11.1 Å². The molecule has 0 spiro atoms. The quantitative estimate of drug-likeness (QED) is 0.433. The molecule has 41 heavy (non-hydrogen) atoms. The molecule has 4 rings (SSSR count). The molecular formula is C29H30F2N2O6S2. The van der Waals surface area contributed by atoms with Crippen LogP contribution < -0.4 is 4.74 Å². The van der Waals surface area contributed by atoms with E-state index in [2.05, 4.69) is 11.8 Å². The summed E-state index contributed by atoms with van der Waals surface area (Å²) in [5.74, 6) is 3.75. The number of benzene rings is 3. The molecule has 1 aliphatic heterocycles. The Bertz CT molecular complexity index is 1700. The van der Waals surface area contributed by atoms with E-state index in [9.17, 15) is 30.7 Å². The number of aliphatic hydroxyl groups excluding tert-OH is 1. The van der Waals surface area contributed by atoms with E-state index in [-0.39, 0.29) is 23.7 Å². The molecule has 1 heterocycles. The first kappa shape index (κ1) is 30.6. The van der Waals surface area contributed by atoms with Crippen LogP contribution >= 0.6 is 0 Å². The number of likely N-dealkylation sites (N-methyl/N-ethyl adjacent to an activating group) is 1. The molecule has 0 aliphatic carbocycles. The highest BCUT2D eigenvalue weighted by atomic mass is 32.2. The summed E-state index contributed by atoms with van der Waals surface area (Å²) in [5, 5.41) is 9.82. The third-order valence-corrected chi connectivity index (χ3v) is 10.7. The summed E-state index contributed by atoms with van der Waals surface area (Å²) >= 11 is 0. The topological polar surface area (TPSA) is 104 Å². The second kappa shape index (κ2) is 12.3. The number of hydrogen-bond acceptors (Lipinski definition) is 6. The molecule has 3 aromatic carbocycles. The van der Waals surface area contributed by atoms with Crippen molar-refractivity contribution in [1.82, 2.24) is 8.61 Å². The van der Waals surface area contributed by atoms with Crippen LogP contribution in [-0.2, 0) is 20.0 Å². The van der Waals surface area contributed by atoms with Crippen molar-refractivity contribution in [2.45, 2.75) is 35.8 Å². The molecule has 8 nitrogen and oxygen atoms in total. The first-order valence-electron chi connectivity index (χ1n) is 12.8. The van der Waals surface area contributed by atoms with Gasteiger partial charge >= 0.3 is 0 Å². The standard InChI is InChI=1S/C29H30F2N2O6S2/c1-20-17-33(21(2)19-34)41(37,38)29-14-13-23(12-11-22-7-6-8-24(30)15-22)16-26(29)39-27(20)18-32(3)40(35,36)28-10-5-4-9-25(28)31/h4-10,13-16,20-21,27,34H,17-19H2,1-3H3/t20-,21-,27-/m0/s1. The highest BCUT2D eigenvalue weighted by molar-refractivity contribution is 7.89. The summed E-state index contributed by atoms with van der Waals surface area (Å²) in [4.78, 5) is -0.667. The minimum atomic E-state index is -4.25. The molecule has 0 bridgehead atoms. The largest absolute Gasteiger partial charge is 0.487 e. The van der Waals surface area contributed by atoms with Crippen molar-refractivity contribution in [3.05, 3.63) is 89.5 Å². The first-order chi connectivity index (χ1) is 19.3. The predicted molar refractivity (Wildman–Crippen MR) is 149 cm³/mol. The highest BCUT2D eigenvalue weighted by Crippen LogP contribution is 2.34. The Balaban J connectivity index is 1.76. The number of halogens is 2. The van der Waals surface area contributed by atoms with E-state index in [4.69, 9.17) is 4.74 Å². The third kappa shape index (κ3) is 6.60. The number of nitrogens with zero attached hydrogens (tertiary/aromatic N) is 2. The van der Waals surface area contributed by atoms with Crippen molar-refractivity contribution in [2.75, 3.05) is 26.7 Å². The summed E-state index contributed by atoms with van der Waals surface area (Å²) in [5.41, 5.74) is 0.795. The summed E-state index contributed by atoms with van der Waals surface area (Å²) < 4.78 is 90.0. The van der Waals surface area contributed by atoms with E-state index in [1.54, 1.807) is 19.9 Å². The van der Waals surface area contributed by atoms with Crippen molar-refractivity contribution >= 4 is 20.0 Å². The molecule has 0 saturated carbocycles. The fourth-order valence-corrected chi connectivity index (χ4v) is 7.47. The Kier molecular flexibility index (Phi) is 9.16. The van der Waals surface area contributed by atoms with Crippen molar-refractivity contribution in [3.63, 3.8) is 0 Å². The average Bonchev–Trinajstić information content (AvgIpc) is 2.93. The number of sulfonamides is 2. The zero-order valence-corrected chi connectivity index (χ0v) is 24.3. The van der Waals surface area contributed by atoms with Gasteiger partial charge in [-0.15, -0.1) is 0 Å². The molecule has 0 amide bonds. The maximum atomic E-state index is 14.4. The monoisotopic (exact) mass is 604 g/mol. The Labute approximate surface area is 239 Å². The lowest BCUT2D eigenvalue weighted by molar-refractivity contribution is 0.0904. The van der Waals surface area contributed by atoms with Gasteiger partial charge in [-0.25, -0.2) is 25.6 Å². The molecule has 12 heteroatoms. The van der Waals surface area contributed by atoms with Gasteiger partial charge in [0.25, 0.3) is 0 Å². The van der Waals surface area contributed by atoms with Gasteiger partial charge in [0.05, 0.1) is 13.2 Å². The molecule has 0 unspecified atom stereocenters. The van der Waals surface area contributed by atoms with Crippen LogP contribution in [0.3, 0.4) is 0 Å². The fraction of sp³-hybridized carbons (Fsp3) is 0.310. The maximum Gasteiger partial charge on any atom is 0.247 e. The van der Waals surface area contributed by atoms with Gasteiger partial charge in [-0.05, 0) is 55.5 Å². The molecular weight excluding hydrogens is 574 g/mol. The molecule has 0 radical (unpaired) electrons. The van der Waals surface area contributed by atoms with Crippen LogP contribution in [0, 0.1) is 29.4 Å². The Hall–Kier alpha value is -3.34. The van der Waals surface area contributed by atoms with Crippen molar-refractivity contribution in [2.24, 2.45) is 5.92 Å². The zero-order valence-electron chi connectivity index (χ0n) is 22.7. The van der Waals surface area contributed by atoms with E-state index < -0.39 is 61.2 Å². The Morgan fingerprint density at radius 2 is 1.76 bits per heavy atom. The molecule has 0 aromatic heterocycles. The second-order valence-corrected chi connectivity index (χ2v) is 13.8. The minimum Gasteiger partial charge on any atom is -0.487 e. The highest BCUT2D eigenvalue weighted by Gasteiger charge is 2.39. The van der Waals surface area contributed by atoms with Gasteiger partial charge in [-0.1, -0.05) is 37.0 Å². The van der Waals surface area contributed by atoms with E-state index >= 15 is 0 Å². The summed E-state index contributed by atoms with van der Waals surface area (Å²) in [6, 6.07) is 14.2. The van der Waals surface area contributed by atoms with Crippen LogP contribution in [0.5, 0.6) is 5.75 Å².